The van der Waals surface area contributed by atoms with Crippen molar-refractivity contribution >= 4 is 27.3 Å². The second-order valence-electron chi connectivity index (χ2n) is 7.13. The van der Waals surface area contributed by atoms with Crippen molar-refractivity contribution in [2.45, 2.75) is 24.3 Å². The Hall–Kier alpha value is -3.79. The molecule has 3 aromatic rings. The first-order valence-corrected chi connectivity index (χ1v) is 11.8. The van der Waals surface area contributed by atoms with E-state index in [-0.39, 0.29) is 16.3 Å². The number of carbonyl (C=O) groups is 1. The Balaban J connectivity index is 1.71. The molecule has 10 heteroatoms. The second kappa shape index (κ2) is 10.9. The van der Waals surface area contributed by atoms with Crippen LogP contribution in [0.25, 0.3) is 0 Å². The maximum atomic E-state index is 13.8. The van der Waals surface area contributed by atoms with Gasteiger partial charge < -0.3 is 19.5 Å². The van der Waals surface area contributed by atoms with Crippen molar-refractivity contribution in [2.75, 3.05) is 24.3 Å². The van der Waals surface area contributed by atoms with E-state index in [0.717, 1.165) is 0 Å². The molecule has 0 unspecified atom stereocenters. The molecule has 3 rings (SSSR count). The number of rotatable bonds is 10. The van der Waals surface area contributed by atoms with Gasteiger partial charge in [-0.3, -0.25) is 9.52 Å². The van der Waals surface area contributed by atoms with Crippen LogP contribution >= 0.6 is 0 Å². The summed E-state index contributed by atoms with van der Waals surface area (Å²) >= 11 is 0. The van der Waals surface area contributed by atoms with Gasteiger partial charge in [0.1, 0.15) is 11.5 Å². The van der Waals surface area contributed by atoms with Crippen molar-refractivity contribution in [3.8, 4) is 17.2 Å². The van der Waals surface area contributed by atoms with Crippen molar-refractivity contribution in [3.63, 3.8) is 0 Å². The van der Waals surface area contributed by atoms with E-state index in [0.29, 0.717) is 23.6 Å². The molecule has 0 aliphatic carbocycles. The van der Waals surface area contributed by atoms with E-state index < -0.39 is 27.9 Å². The Morgan fingerprint density at radius 2 is 1.68 bits per heavy atom. The van der Waals surface area contributed by atoms with E-state index in [1.807, 2.05) is 0 Å². The van der Waals surface area contributed by atoms with Crippen LogP contribution < -0.4 is 24.2 Å². The summed E-state index contributed by atoms with van der Waals surface area (Å²) < 4.78 is 57.8. The molecule has 0 saturated carbocycles. The minimum atomic E-state index is -3.95. The van der Waals surface area contributed by atoms with Gasteiger partial charge in [0.2, 0.25) is 0 Å². The zero-order valence-corrected chi connectivity index (χ0v) is 19.7. The molecule has 0 bridgehead atoms. The number of hydrogen-bond acceptors (Lipinski definition) is 6. The zero-order chi connectivity index (χ0) is 24.7. The molecule has 0 spiro atoms. The average molecular weight is 489 g/mol. The normalized spacial score (nSPS) is 11.9. The quantitative estimate of drug-likeness (QED) is 0.437. The zero-order valence-electron chi connectivity index (χ0n) is 18.9. The number of halogens is 1. The molecule has 3 aromatic carbocycles. The molecule has 1 amide bonds. The SMILES string of the molecule is CC[C@H](Oc1ccccc1F)C(=O)Nc1ccc(S(=O)(=O)Nc2cc(OC)ccc2OC)cc1. The number of benzene rings is 3. The van der Waals surface area contributed by atoms with Gasteiger partial charge in [0.05, 0.1) is 24.8 Å². The highest BCUT2D eigenvalue weighted by Gasteiger charge is 2.21. The molecule has 2 N–H and O–H groups in total. The van der Waals surface area contributed by atoms with Crippen LogP contribution in [-0.4, -0.2) is 34.6 Å². The number of nitrogens with one attached hydrogen (secondary N) is 2. The number of para-hydroxylation sites is 1. The van der Waals surface area contributed by atoms with Crippen LogP contribution in [0.4, 0.5) is 15.8 Å². The fraction of sp³-hybridized carbons (Fsp3) is 0.208. The Morgan fingerprint density at radius 1 is 0.971 bits per heavy atom. The van der Waals surface area contributed by atoms with Crippen LogP contribution in [-0.2, 0) is 14.8 Å². The lowest BCUT2D eigenvalue weighted by atomic mass is 10.2. The van der Waals surface area contributed by atoms with Crippen LogP contribution in [0.5, 0.6) is 17.2 Å². The van der Waals surface area contributed by atoms with Gasteiger partial charge in [0.15, 0.2) is 17.7 Å². The molecule has 0 radical (unpaired) electrons. The van der Waals surface area contributed by atoms with E-state index in [1.165, 1.54) is 62.8 Å². The third-order valence-corrected chi connectivity index (χ3v) is 6.23. The summed E-state index contributed by atoms with van der Waals surface area (Å²) in [5.41, 5.74) is 0.578. The number of amides is 1. The van der Waals surface area contributed by atoms with Crippen LogP contribution in [0.15, 0.2) is 71.6 Å². The molecule has 34 heavy (non-hydrogen) atoms. The van der Waals surface area contributed by atoms with Crippen molar-refractivity contribution in [1.29, 1.82) is 0 Å². The molecule has 180 valence electrons. The fourth-order valence-electron chi connectivity index (χ4n) is 3.05. The van der Waals surface area contributed by atoms with Gasteiger partial charge in [-0.1, -0.05) is 19.1 Å². The Kier molecular flexibility index (Phi) is 7.95. The lowest BCUT2D eigenvalue weighted by molar-refractivity contribution is -0.122. The van der Waals surface area contributed by atoms with Gasteiger partial charge in [-0.15, -0.1) is 0 Å². The maximum absolute atomic E-state index is 13.8. The van der Waals surface area contributed by atoms with Gasteiger partial charge in [0, 0.05) is 11.8 Å². The lowest BCUT2D eigenvalue weighted by Crippen LogP contribution is -2.32. The van der Waals surface area contributed by atoms with Crippen LogP contribution in [0, 0.1) is 5.82 Å². The first-order valence-electron chi connectivity index (χ1n) is 10.3. The third-order valence-electron chi connectivity index (χ3n) is 4.85. The standard InChI is InChI=1S/C24H25FN2O6S/c1-4-21(33-22-8-6-5-7-19(22)25)24(28)26-16-9-12-18(13-10-16)34(29,30)27-20-15-17(31-2)11-14-23(20)32-3/h5-15,21,27H,4H2,1-3H3,(H,26,28)/t21-/m0/s1. The number of ether oxygens (including phenoxy) is 3. The molecule has 0 heterocycles. The van der Waals surface area contributed by atoms with E-state index in [9.17, 15) is 17.6 Å². The Bertz CT molecular complexity index is 1250. The second-order valence-corrected chi connectivity index (χ2v) is 8.81. The fourth-order valence-corrected chi connectivity index (χ4v) is 4.11. The van der Waals surface area contributed by atoms with Crippen LogP contribution in [0.1, 0.15) is 13.3 Å². The first kappa shape index (κ1) is 24.8. The molecule has 0 aliphatic heterocycles. The summed E-state index contributed by atoms with van der Waals surface area (Å²) in [6.07, 6.45) is -0.624. The van der Waals surface area contributed by atoms with Gasteiger partial charge in [0.25, 0.3) is 15.9 Å². The molecule has 0 aromatic heterocycles. The summed E-state index contributed by atoms with van der Waals surface area (Å²) in [5, 5.41) is 2.66. The number of methoxy groups -OCH3 is 2. The molecule has 0 saturated heterocycles. The smallest absolute Gasteiger partial charge is 0.265 e. The van der Waals surface area contributed by atoms with Crippen molar-refractivity contribution in [2.24, 2.45) is 0 Å². The number of carbonyl (C=O) groups excluding carboxylic acids is 1. The lowest BCUT2D eigenvalue weighted by Gasteiger charge is -2.18. The monoisotopic (exact) mass is 488 g/mol. The minimum Gasteiger partial charge on any atom is -0.497 e. The van der Waals surface area contributed by atoms with Gasteiger partial charge in [-0.2, -0.15) is 0 Å². The summed E-state index contributed by atoms with van der Waals surface area (Å²) in [6, 6.07) is 16.2. The topological polar surface area (TPSA) is 103 Å². The summed E-state index contributed by atoms with van der Waals surface area (Å²) in [5.74, 6) is -0.289. The van der Waals surface area contributed by atoms with E-state index in [2.05, 4.69) is 10.0 Å². The molecular formula is C24H25FN2O6S. The highest BCUT2D eigenvalue weighted by Crippen LogP contribution is 2.31. The van der Waals surface area contributed by atoms with Gasteiger partial charge in [-0.05, 0) is 55.0 Å². The van der Waals surface area contributed by atoms with Gasteiger partial charge >= 0.3 is 0 Å². The Morgan fingerprint density at radius 3 is 2.29 bits per heavy atom. The van der Waals surface area contributed by atoms with Crippen molar-refractivity contribution < 1.29 is 31.8 Å². The highest BCUT2D eigenvalue weighted by molar-refractivity contribution is 7.92. The number of hydrogen-bond donors (Lipinski definition) is 2. The highest BCUT2D eigenvalue weighted by atomic mass is 32.2. The first-order chi connectivity index (χ1) is 16.3. The minimum absolute atomic E-state index is 0.0231. The predicted octanol–water partition coefficient (Wildman–Crippen LogP) is 4.44. The molecular weight excluding hydrogens is 463 g/mol. The van der Waals surface area contributed by atoms with Gasteiger partial charge in [-0.25, -0.2) is 12.8 Å². The summed E-state index contributed by atoms with van der Waals surface area (Å²) in [6.45, 7) is 1.74. The summed E-state index contributed by atoms with van der Waals surface area (Å²) in [7, 11) is -1.05. The maximum Gasteiger partial charge on any atom is 0.265 e. The molecule has 0 fully saturated rings. The number of sulfonamides is 1. The average Bonchev–Trinajstić information content (AvgIpc) is 2.83. The van der Waals surface area contributed by atoms with E-state index >= 15 is 0 Å². The van der Waals surface area contributed by atoms with Crippen LogP contribution in [0.3, 0.4) is 0 Å². The molecule has 8 nitrogen and oxygen atoms in total. The molecule has 0 aliphatic rings. The largest absolute Gasteiger partial charge is 0.497 e. The summed E-state index contributed by atoms with van der Waals surface area (Å²) in [4.78, 5) is 12.6. The third kappa shape index (κ3) is 5.96. The van der Waals surface area contributed by atoms with E-state index in [1.54, 1.807) is 25.1 Å². The number of anilines is 2. The molecule has 1 atom stereocenters. The van der Waals surface area contributed by atoms with E-state index in [4.69, 9.17) is 14.2 Å². The Labute approximate surface area is 197 Å². The van der Waals surface area contributed by atoms with Crippen LogP contribution in [0.2, 0.25) is 0 Å². The van der Waals surface area contributed by atoms with Crippen molar-refractivity contribution in [1.82, 2.24) is 0 Å². The van der Waals surface area contributed by atoms with Crippen molar-refractivity contribution in [3.05, 3.63) is 72.5 Å². The predicted molar refractivity (Wildman–Crippen MR) is 127 cm³/mol.